The molecule has 152 valence electrons. The summed E-state index contributed by atoms with van der Waals surface area (Å²) >= 11 is 0. The van der Waals surface area contributed by atoms with Gasteiger partial charge in [-0.2, -0.15) is 0 Å². The SMILES string of the molecule is CC(C)C[C@H](NC(=O)C1(c2ccccc2)CCOCC1)c1nc2ccccc2[nH]1. The van der Waals surface area contributed by atoms with Crippen molar-refractivity contribution in [3.05, 3.63) is 66.0 Å². The lowest BCUT2D eigenvalue weighted by atomic mass is 9.73. The molecule has 5 heteroatoms. The van der Waals surface area contributed by atoms with Crippen molar-refractivity contribution in [3.8, 4) is 0 Å². The average Bonchev–Trinajstić information content (AvgIpc) is 3.18. The van der Waals surface area contributed by atoms with E-state index in [0.717, 1.165) is 28.8 Å². The zero-order chi connectivity index (χ0) is 20.3. The maximum absolute atomic E-state index is 13.7. The highest BCUT2D eigenvalue weighted by molar-refractivity contribution is 5.88. The van der Waals surface area contributed by atoms with E-state index < -0.39 is 5.41 Å². The Kier molecular flexibility index (Phi) is 5.67. The molecule has 1 fully saturated rings. The highest BCUT2D eigenvalue weighted by Crippen LogP contribution is 2.36. The number of hydrogen-bond donors (Lipinski definition) is 2. The predicted octanol–water partition coefficient (Wildman–Crippen LogP) is 4.51. The number of benzene rings is 2. The molecular formula is C24H29N3O2. The minimum Gasteiger partial charge on any atom is -0.381 e. The summed E-state index contributed by atoms with van der Waals surface area (Å²) in [6.07, 6.45) is 2.21. The second-order valence-corrected chi connectivity index (χ2v) is 8.36. The Hall–Kier alpha value is -2.66. The standard InChI is InChI=1S/C24H29N3O2/c1-17(2)16-21(22-25-19-10-6-7-11-20(19)26-22)27-23(28)24(12-14-29-15-13-24)18-8-4-3-5-9-18/h3-11,17,21H,12-16H2,1-2H3,(H,25,26)(H,27,28)/t21-/m0/s1. The Morgan fingerprint density at radius 3 is 2.48 bits per heavy atom. The molecule has 0 saturated carbocycles. The molecule has 4 rings (SSSR count). The van der Waals surface area contributed by atoms with Gasteiger partial charge in [0.1, 0.15) is 5.82 Å². The van der Waals surface area contributed by atoms with Gasteiger partial charge in [0.25, 0.3) is 0 Å². The van der Waals surface area contributed by atoms with Gasteiger partial charge in [0.15, 0.2) is 0 Å². The summed E-state index contributed by atoms with van der Waals surface area (Å²) in [6.45, 7) is 5.54. The number of H-pyrrole nitrogens is 1. The summed E-state index contributed by atoms with van der Waals surface area (Å²) in [7, 11) is 0. The van der Waals surface area contributed by atoms with Gasteiger partial charge in [-0.15, -0.1) is 0 Å². The van der Waals surface area contributed by atoms with Crippen molar-refractivity contribution in [1.29, 1.82) is 0 Å². The number of hydrogen-bond acceptors (Lipinski definition) is 3. The number of rotatable bonds is 6. The molecule has 2 aromatic carbocycles. The number of nitrogens with one attached hydrogen (secondary N) is 2. The zero-order valence-corrected chi connectivity index (χ0v) is 17.2. The van der Waals surface area contributed by atoms with Crippen LogP contribution in [0, 0.1) is 5.92 Å². The topological polar surface area (TPSA) is 67.0 Å². The Labute approximate surface area is 171 Å². The molecule has 2 N–H and O–H groups in total. The molecule has 2 heterocycles. The van der Waals surface area contributed by atoms with Crippen LogP contribution in [0.2, 0.25) is 0 Å². The van der Waals surface area contributed by atoms with Gasteiger partial charge in [-0.05, 0) is 42.9 Å². The normalized spacial score (nSPS) is 17.3. The van der Waals surface area contributed by atoms with E-state index in [1.807, 2.05) is 42.5 Å². The zero-order valence-electron chi connectivity index (χ0n) is 17.2. The van der Waals surface area contributed by atoms with E-state index in [2.05, 4.69) is 36.3 Å². The highest BCUT2D eigenvalue weighted by atomic mass is 16.5. The molecule has 29 heavy (non-hydrogen) atoms. The highest BCUT2D eigenvalue weighted by Gasteiger charge is 2.42. The van der Waals surface area contributed by atoms with Crippen LogP contribution in [-0.4, -0.2) is 29.1 Å². The minimum absolute atomic E-state index is 0.0677. The third-order valence-electron chi connectivity index (χ3n) is 5.86. The number of aromatic nitrogens is 2. The van der Waals surface area contributed by atoms with E-state index >= 15 is 0 Å². The molecule has 0 bridgehead atoms. The number of nitrogens with zero attached hydrogens (tertiary/aromatic N) is 1. The summed E-state index contributed by atoms with van der Waals surface area (Å²) in [5.74, 6) is 1.32. The summed E-state index contributed by atoms with van der Waals surface area (Å²) < 4.78 is 5.59. The smallest absolute Gasteiger partial charge is 0.231 e. The maximum atomic E-state index is 13.7. The Morgan fingerprint density at radius 1 is 1.10 bits per heavy atom. The summed E-state index contributed by atoms with van der Waals surface area (Å²) in [5.41, 5.74) is 2.43. The molecule has 0 radical (unpaired) electrons. The van der Waals surface area contributed by atoms with Crippen LogP contribution in [0.15, 0.2) is 54.6 Å². The Morgan fingerprint density at radius 2 is 1.79 bits per heavy atom. The number of para-hydroxylation sites is 2. The molecule has 1 saturated heterocycles. The minimum atomic E-state index is -0.555. The third-order valence-corrected chi connectivity index (χ3v) is 5.86. The molecule has 1 aromatic heterocycles. The first kappa shape index (κ1) is 19.6. The van der Waals surface area contributed by atoms with Crippen molar-refractivity contribution in [2.24, 2.45) is 5.92 Å². The molecule has 1 aliphatic heterocycles. The summed E-state index contributed by atoms with van der Waals surface area (Å²) in [5, 5.41) is 3.35. The van der Waals surface area contributed by atoms with Crippen LogP contribution in [0.4, 0.5) is 0 Å². The van der Waals surface area contributed by atoms with E-state index in [9.17, 15) is 4.79 Å². The number of carbonyl (C=O) groups is 1. The molecular weight excluding hydrogens is 362 g/mol. The number of imidazole rings is 1. The number of fused-ring (bicyclic) bond motifs is 1. The second-order valence-electron chi connectivity index (χ2n) is 8.36. The Bertz CT molecular complexity index is 925. The van der Waals surface area contributed by atoms with Gasteiger partial charge in [0, 0.05) is 13.2 Å². The molecule has 5 nitrogen and oxygen atoms in total. The van der Waals surface area contributed by atoms with Crippen LogP contribution >= 0.6 is 0 Å². The van der Waals surface area contributed by atoms with Gasteiger partial charge >= 0.3 is 0 Å². The van der Waals surface area contributed by atoms with Crippen LogP contribution in [0.25, 0.3) is 11.0 Å². The predicted molar refractivity (Wildman–Crippen MR) is 115 cm³/mol. The number of aromatic amines is 1. The monoisotopic (exact) mass is 391 g/mol. The van der Waals surface area contributed by atoms with E-state index in [1.54, 1.807) is 0 Å². The Balaban J connectivity index is 1.65. The lowest BCUT2D eigenvalue weighted by Gasteiger charge is -2.37. The van der Waals surface area contributed by atoms with Gasteiger partial charge < -0.3 is 15.0 Å². The fraction of sp³-hybridized carbons (Fsp3) is 0.417. The van der Waals surface area contributed by atoms with Crippen molar-refractivity contribution in [2.45, 2.75) is 44.6 Å². The number of carbonyl (C=O) groups excluding carboxylic acids is 1. The van der Waals surface area contributed by atoms with Gasteiger partial charge in [-0.25, -0.2) is 4.98 Å². The summed E-state index contributed by atoms with van der Waals surface area (Å²) in [4.78, 5) is 21.9. The fourth-order valence-electron chi connectivity index (χ4n) is 4.27. The van der Waals surface area contributed by atoms with Crippen LogP contribution in [0.1, 0.15) is 50.5 Å². The maximum Gasteiger partial charge on any atom is 0.231 e. The van der Waals surface area contributed by atoms with Gasteiger partial charge in [0.2, 0.25) is 5.91 Å². The first-order valence-corrected chi connectivity index (χ1v) is 10.5. The molecule has 0 aliphatic carbocycles. The largest absolute Gasteiger partial charge is 0.381 e. The molecule has 3 aromatic rings. The van der Waals surface area contributed by atoms with Gasteiger partial charge in [-0.1, -0.05) is 56.3 Å². The molecule has 1 amide bonds. The first-order chi connectivity index (χ1) is 14.1. The van der Waals surface area contributed by atoms with Gasteiger partial charge in [0.05, 0.1) is 22.5 Å². The van der Waals surface area contributed by atoms with E-state index in [-0.39, 0.29) is 11.9 Å². The summed E-state index contributed by atoms with van der Waals surface area (Å²) in [6, 6.07) is 17.9. The van der Waals surface area contributed by atoms with Crippen LogP contribution in [0.5, 0.6) is 0 Å². The third kappa shape index (κ3) is 4.06. The lowest BCUT2D eigenvalue weighted by Crippen LogP contribution is -2.49. The van der Waals surface area contributed by atoms with E-state index in [4.69, 9.17) is 9.72 Å². The lowest BCUT2D eigenvalue weighted by molar-refractivity contribution is -0.131. The fourth-order valence-corrected chi connectivity index (χ4v) is 4.27. The average molecular weight is 392 g/mol. The molecule has 0 spiro atoms. The van der Waals surface area contributed by atoms with E-state index in [0.29, 0.717) is 32.0 Å². The quantitative estimate of drug-likeness (QED) is 0.649. The van der Waals surface area contributed by atoms with Crippen LogP contribution in [-0.2, 0) is 14.9 Å². The van der Waals surface area contributed by atoms with Crippen LogP contribution in [0.3, 0.4) is 0 Å². The molecule has 1 atom stereocenters. The van der Waals surface area contributed by atoms with Crippen molar-refractivity contribution in [2.75, 3.05) is 13.2 Å². The first-order valence-electron chi connectivity index (χ1n) is 10.5. The number of amides is 1. The van der Waals surface area contributed by atoms with Crippen molar-refractivity contribution < 1.29 is 9.53 Å². The van der Waals surface area contributed by atoms with Gasteiger partial charge in [-0.3, -0.25) is 4.79 Å². The second kappa shape index (κ2) is 8.37. The molecule has 1 aliphatic rings. The number of ether oxygens (including phenoxy) is 1. The van der Waals surface area contributed by atoms with Crippen molar-refractivity contribution in [3.63, 3.8) is 0 Å². The van der Waals surface area contributed by atoms with Crippen molar-refractivity contribution in [1.82, 2.24) is 15.3 Å². The van der Waals surface area contributed by atoms with Crippen LogP contribution < -0.4 is 5.32 Å². The van der Waals surface area contributed by atoms with E-state index in [1.165, 1.54) is 0 Å². The van der Waals surface area contributed by atoms with Crippen molar-refractivity contribution >= 4 is 16.9 Å². The molecule has 0 unspecified atom stereocenters.